The number of hydrogen-bond acceptors (Lipinski definition) is 2. The number of halogens is 1. The van der Waals surface area contributed by atoms with Crippen LogP contribution in [0.1, 0.15) is 41.6 Å². The summed E-state index contributed by atoms with van der Waals surface area (Å²) in [6.07, 6.45) is 7.14. The molecule has 1 aromatic carbocycles. The van der Waals surface area contributed by atoms with Gasteiger partial charge in [0.1, 0.15) is 0 Å². The van der Waals surface area contributed by atoms with Gasteiger partial charge in [0.25, 0.3) is 5.91 Å². The van der Waals surface area contributed by atoms with Crippen LogP contribution >= 0.6 is 27.7 Å². The summed E-state index contributed by atoms with van der Waals surface area (Å²) < 4.78 is 1.16. The first-order valence-corrected chi connectivity index (χ1v) is 8.68. The van der Waals surface area contributed by atoms with Crippen LogP contribution in [0, 0.1) is 6.92 Å². The van der Waals surface area contributed by atoms with Crippen molar-refractivity contribution >= 4 is 33.6 Å². The molecule has 104 valence electrons. The summed E-state index contributed by atoms with van der Waals surface area (Å²) in [5, 5.41) is 3.11. The van der Waals surface area contributed by atoms with Gasteiger partial charge in [-0.25, -0.2) is 0 Å². The number of carbonyl (C=O) groups is 1. The molecule has 0 aromatic heterocycles. The number of nitrogens with one attached hydrogen (secondary N) is 1. The van der Waals surface area contributed by atoms with Crippen molar-refractivity contribution in [3.8, 4) is 0 Å². The van der Waals surface area contributed by atoms with Crippen molar-refractivity contribution in [2.24, 2.45) is 0 Å². The van der Waals surface area contributed by atoms with Gasteiger partial charge in [-0.05, 0) is 53.6 Å². The number of aryl methyl sites for hydroxylation is 1. The summed E-state index contributed by atoms with van der Waals surface area (Å²) in [5.41, 5.74) is 1.82. The van der Waals surface area contributed by atoms with E-state index in [-0.39, 0.29) is 10.7 Å². The molecule has 1 N–H and O–H groups in total. The van der Waals surface area contributed by atoms with Gasteiger partial charge < -0.3 is 5.32 Å². The summed E-state index contributed by atoms with van der Waals surface area (Å²) in [6.45, 7) is 2.77. The van der Waals surface area contributed by atoms with Crippen molar-refractivity contribution in [3.05, 3.63) is 33.8 Å². The van der Waals surface area contributed by atoms with Crippen LogP contribution in [0.25, 0.3) is 0 Å². The molecule has 2 nitrogen and oxygen atoms in total. The molecule has 0 atom stereocenters. The van der Waals surface area contributed by atoms with Gasteiger partial charge in [-0.15, -0.1) is 0 Å². The molecule has 0 bridgehead atoms. The van der Waals surface area contributed by atoms with Crippen molar-refractivity contribution < 1.29 is 4.79 Å². The van der Waals surface area contributed by atoms with Gasteiger partial charge in [0, 0.05) is 15.8 Å². The lowest BCUT2D eigenvalue weighted by Crippen LogP contribution is -2.38. The molecule has 0 unspecified atom stereocenters. The van der Waals surface area contributed by atoms with Crippen LogP contribution < -0.4 is 5.32 Å². The van der Waals surface area contributed by atoms with Crippen LogP contribution in [-0.4, -0.2) is 23.5 Å². The van der Waals surface area contributed by atoms with Crippen LogP contribution in [0.15, 0.2) is 22.7 Å². The largest absolute Gasteiger partial charge is 0.351 e. The zero-order chi connectivity index (χ0) is 13.9. The lowest BCUT2D eigenvalue weighted by molar-refractivity contribution is 0.0948. The molecule has 1 fully saturated rings. The predicted molar refractivity (Wildman–Crippen MR) is 85.9 cm³/mol. The van der Waals surface area contributed by atoms with Crippen molar-refractivity contribution in [3.63, 3.8) is 0 Å². The van der Waals surface area contributed by atoms with Gasteiger partial charge in [0.2, 0.25) is 0 Å². The summed E-state index contributed by atoms with van der Waals surface area (Å²) >= 11 is 5.40. The van der Waals surface area contributed by atoms with Crippen molar-refractivity contribution in [2.45, 2.75) is 37.4 Å². The van der Waals surface area contributed by atoms with Gasteiger partial charge in [-0.2, -0.15) is 11.8 Å². The third-order valence-electron chi connectivity index (χ3n) is 3.96. The monoisotopic (exact) mass is 341 g/mol. The second kappa shape index (κ2) is 6.31. The van der Waals surface area contributed by atoms with E-state index in [0.717, 1.165) is 22.1 Å². The number of thioether (sulfide) groups is 1. The first-order chi connectivity index (χ1) is 9.08. The zero-order valence-corrected chi connectivity index (χ0v) is 13.9. The molecule has 1 saturated carbocycles. The Bertz CT molecular complexity index is 469. The molecule has 0 aliphatic heterocycles. The number of carbonyl (C=O) groups excluding carboxylic acids is 1. The van der Waals surface area contributed by atoms with E-state index in [1.165, 1.54) is 25.7 Å². The van der Waals surface area contributed by atoms with Gasteiger partial charge in [0.15, 0.2) is 0 Å². The van der Waals surface area contributed by atoms with Gasteiger partial charge in [0.05, 0.1) is 5.56 Å². The van der Waals surface area contributed by atoms with Crippen LogP contribution in [0.5, 0.6) is 0 Å². The Labute approximate surface area is 127 Å². The van der Waals surface area contributed by atoms with Crippen LogP contribution in [0.3, 0.4) is 0 Å². The summed E-state index contributed by atoms with van der Waals surface area (Å²) in [4.78, 5) is 12.3. The molecule has 2 rings (SSSR count). The molecule has 0 heterocycles. The molecule has 0 spiro atoms. The fraction of sp³-hybridized carbons (Fsp3) is 0.533. The van der Waals surface area contributed by atoms with Crippen LogP contribution in [0.4, 0.5) is 0 Å². The fourth-order valence-electron chi connectivity index (χ4n) is 2.63. The van der Waals surface area contributed by atoms with E-state index < -0.39 is 0 Å². The van der Waals surface area contributed by atoms with E-state index >= 15 is 0 Å². The highest BCUT2D eigenvalue weighted by Crippen LogP contribution is 2.39. The summed E-state index contributed by atoms with van der Waals surface area (Å²) in [7, 11) is 0. The fourth-order valence-corrected chi connectivity index (χ4v) is 3.99. The highest BCUT2D eigenvalue weighted by molar-refractivity contribution is 9.10. The first-order valence-electron chi connectivity index (χ1n) is 6.66. The van der Waals surface area contributed by atoms with Gasteiger partial charge in [-0.3, -0.25) is 4.79 Å². The second-order valence-electron chi connectivity index (χ2n) is 5.21. The average molecular weight is 342 g/mol. The number of amides is 1. The zero-order valence-electron chi connectivity index (χ0n) is 11.5. The van der Waals surface area contributed by atoms with E-state index in [9.17, 15) is 4.79 Å². The Hall–Kier alpha value is -0.480. The van der Waals surface area contributed by atoms with Gasteiger partial charge >= 0.3 is 0 Å². The van der Waals surface area contributed by atoms with E-state index in [1.807, 2.05) is 36.9 Å². The third kappa shape index (κ3) is 3.34. The van der Waals surface area contributed by atoms with Crippen molar-refractivity contribution in [2.75, 3.05) is 12.8 Å². The SMILES string of the molecule is CSC1(CNC(=O)c2cccc(C)c2Br)CCCC1. The van der Waals surface area contributed by atoms with Crippen LogP contribution in [-0.2, 0) is 0 Å². The molecule has 1 aliphatic carbocycles. The minimum absolute atomic E-state index is 0.0240. The Morgan fingerprint density at radius 2 is 2.11 bits per heavy atom. The highest BCUT2D eigenvalue weighted by atomic mass is 79.9. The molecule has 0 saturated heterocycles. The molecule has 4 heteroatoms. The van der Waals surface area contributed by atoms with E-state index in [2.05, 4.69) is 27.5 Å². The minimum atomic E-state index is 0.0240. The Balaban J connectivity index is 2.03. The highest BCUT2D eigenvalue weighted by Gasteiger charge is 2.33. The molecule has 1 aromatic rings. The predicted octanol–water partition coefficient (Wildman–Crippen LogP) is 4.16. The molecule has 0 radical (unpaired) electrons. The Morgan fingerprint density at radius 1 is 1.42 bits per heavy atom. The molecular weight excluding hydrogens is 322 g/mol. The summed E-state index contributed by atoms with van der Waals surface area (Å²) in [5.74, 6) is 0.0240. The normalized spacial score (nSPS) is 17.4. The second-order valence-corrected chi connectivity index (χ2v) is 7.28. The molecule has 19 heavy (non-hydrogen) atoms. The number of hydrogen-bond donors (Lipinski definition) is 1. The smallest absolute Gasteiger partial charge is 0.252 e. The first kappa shape index (κ1) is 14.9. The molecule has 1 amide bonds. The Morgan fingerprint density at radius 3 is 2.74 bits per heavy atom. The molecule has 1 aliphatic rings. The lowest BCUT2D eigenvalue weighted by Gasteiger charge is -2.27. The molecular formula is C15H20BrNOS. The third-order valence-corrected chi connectivity index (χ3v) is 6.43. The van der Waals surface area contributed by atoms with Gasteiger partial charge in [-0.1, -0.05) is 25.0 Å². The Kier molecular flexibility index (Phi) is 4.96. The number of rotatable bonds is 4. The van der Waals surface area contributed by atoms with Crippen LogP contribution in [0.2, 0.25) is 0 Å². The standard InChI is InChI=1S/C15H20BrNOS/c1-11-6-5-7-12(13(11)16)14(18)17-10-15(19-2)8-3-4-9-15/h5-7H,3-4,8-10H2,1-2H3,(H,17,18). The van der Waals surface area contributed by atoms with E-state index in [4.69, 9.17) is 0 Å². The summed E-state index contributed by atoms with van der Waals surface area (Å²) in [6, 6.07) is 5.79. The van der Waals surface area contributed by atoms with Crippen molar-refractivity contribution in [1.29, 1.82) is 0 Å². The number of benzene rings is 1. The average Bonchev–Trinajstić information content (AvgIpc) is 2.89. The van der Waals surface area contributed by atoms with E-state index in [1.54, 1.807) is 0 Å². The maximum atomic E-state index is 12.3. The lowest BCUT2D eigenvalue weighted by atomic mass is 10.1. The quantitative estimate of drug-likeness (QED) is 0.890. The maximum absolute atomic E-state index is 12.3. The maximum Gasteiger partial charge on any atom is 0.252 e. The topological polar surface area (TPSA) is 29.1 Å². The van der Waals surface area contributed by atoms with Crippen molar-refractivity contribution in [1.82, 2.24) is 5.32 Å². The minimum Gasteiger partial charge on any atom is -0.351 e. The van der Waals surface area contributed by atoms with E-state index in [0.29, 0.717) is 0 Å².